The van der Waals surface area contributed by atoms with Crippen LogP contribution in [-0.2, 0) is 18.3 Å². The van der Waals surface area contributed by atoms with Gasteiger partial charge in [-0.05, 0) is 82.2 Å². The first-order chi connectivity index (χ1) is 14.5. The molecule has 0 amide bonds. The summed E-state index contributed by atoms with van der Waals surface area (Å²) in [7, 11) is 3.41. The summed E-state index contributed by atoms with van der Waals surface area (Å²) in [5.41, 5.74) is 5.69. The maximum Gasteiger partial charge on any atom is 0.233 e. The normalized spacial score (nSPS) is 11.9. The van der Waals surface area contributed by atoms with E-state index in [0.717, 1.165) is 42.8 Å². The van der Waals surface area contributed by atoms with Crippen molar-refractivity contribution in [1.29, 1.82) is 0 Å². The Kier molecular flexibility index (Phi) is 9.45. The van der Waals surface area contributed by atoms with Gasteiger partial charge in [-0.25, -0.2) is 0 Å². The van der Waals surface area contributed by atoms with Gasteiger partial charge < -0.3 is 14.3 Å². The number of ether oxygens (including phenoxy) is 2. The van der Waals surface area contributed by atoms with Crippen LogP contribution in [0.4, 0.5) is 0 Å². The number of oxime groups is 1. The van der Waals surface area contributed by atoms with Crippen molar-refractivity contribution in [3.05, 3.63) is 52.7 Å². The van der Waals surface area contributed by atoms with E-state index in [4.69, 9.17) is 14.3 Å². The van der Waals surface area contributed by atoms with Crippen LogP contribution in [0.5, 0.6) is 11.6 Å². The number of aromatic nitrogens is 2. The van der Waals surface area contributed by atoms with Crippen molar-refractivity contribution in [1.82, 2.24) is 9.78 Å². The third kappa shape index (κ3) is 6.94. The lowest BCUT2D eigenvalue weighted by atomic mass is 9.97. The molecular weight excluding hydrogens is 378 g/mol. The molecule has 0 aliphatic heterocycles. The molecule has 1 heterocycles. The van der Waals surface area contributed by atoms with Gasteiger partial charge in [0.1, 0.15) is 25.2 Å². The topological polar surface area (TPSA) is 57.9 Å². The molecule has 0 saturated carbocycles. The second kappa shape index (κ2) is 12.1. The van der Waals surface area contributed by atoms with E-state index in [1.54, 1.807) is 4.68 Å². The molecule has 0 aliphatic carbocycles. The minimum Gasteiger partial charge on any atom is -0.490 e. The molecular formula is C24H35N3O3. The Hall–Kier alpha value is -2.76. The van der Waals surface area contributed by atoms with Crippen LogP contribution in [-0.4, -0.2) is 35.8 Å². The van der Waals surface area contributed by atoms with Crippen LogP contribution in [0.2, 0.25) is 0 Å². The Balaban J connectivity index is 1.75. The number of rotatable bonds is 12. The van der Waals surface area contributed by atoms with E-state index >= 15 is 0 Å². The van der Waals surface area contributed by atoms with Gasteiger partial charge in [-0.2, -0.15) is 0 Å². The summed E-state index contributed by atoms with van der Waals surface area (Å²) in [6.45, 7) is 9.50. The molecule has 0 bridgehead atoms. The molecule has 0 aliphatic rings. The fourth-order valence-electron chi connectivity index (χ4n) is 3.46. The maximum absolute atomic E-state index is 5.81. The zero-order chi connectivity index (χ0) is 21.9. The fraction of sp³-hybridized carbons (Fsp3) is 0.500. The molecule has 1 aromatic carbocycles. The zero-order valence-electron chi connectivity index (χ0n) is 19.2. The number of allylic oxidation sites excluding steroid dienone is 1. The Labute approximate surface area is 180 Å². The van der Waals surface area contributed by atoms with Gasteiger partial charge in [-0.1, -0.05) is 17.3 Å². The van der Waals surface area contributed by atoms with Crippen LogP contribution in [0, 0.1) is 13.8 Å². The van der Waals surface area contributed by atoms with Crippen LogP contribution >= 0.6 is 0 Å². The van der Waals surface area contributed by atoms with Crippen molar-refractivity contribution in [2.45, 2.75) is 53.4 Å². The highest BCUT2D eigenvalue weighted by Crippen LogP contribution is 2.24. The van der Waals surface area contributed by atoms with E-state index in [1.807, 2.05) is 39.1 Å². The third-order valence-corrected chi connectivity index (χ3v) is 5.03. The average molecular weight is 414 g/mol. The maximum atomic E-state index is 5.81. The minimum absolute atomic E-state index is 0.616. The van der Waals surface area contributed by atoms with E-state index < -0.39 is 0 Å². The summed E-state index contributed by atoms with van der Waals surface area (Å²) >= 11 is 0. The summed E-state index contributed by atoms with van der Waals surface area (Å²) in [6.07, 6.45) is 8.34. The molecule has 6 heteroatoms. The highest BCUT2D eigenvalue weighted by Gasteiger charge is 2.10. The highest BCUT2D eigenvalue weighted by atomic mass is 16.6. The first kappa shape index (κ1) is 23.5. The molecule has 0 fully saturated rings. The molecule has 2 rings (SSSR count). The Morgan fingerprint density at radius 1 is 1.10 bits per heavy atom. The fourth-order valence-corrected chi connectivity index (χ4v) is 3.46. The number of nitrogens with zero attached hydrogens (tertiary/aromatic N) is 3. The molecule has 1 aromatic heterocycles. The first-order valence-electron chi connectivity index (χ1n) is 10.5. The van der Waals surface area contributed by atoms with E-state index in [9.17, 15) is 0 Å². The van der Waals surface area contributed by atoms with Crippen LogP contribution in [0.1, 0.15) is 55.5 Å². The molecule has 30 heavy (non-hydrogen) atoms. The van der Waals surface area contributed by atoms with E-state index in [0.29, 0.717) is 19.1 Å². The average Bonchev–Trinajstić information content (AvgIpc) is 3.07. The van der Waals surface area contributed by atoms with Crippen molar-refractivity contribution in [2.75, 3.05) is 20.3 Å². The van der Waals surface area contributed by atoms with Gasteiger partial charge in [0.05, 0.1) is 12.3 Å². The Morgan fingerprint density at radius 3 is 2.50 bits per heavy atom. The smallest absolute Gasteiger partial charge is 0.233 e. The summed E-state index contributed by atoms with van der Waals surface area (Å²) in [5, 5.41) is 8.33. The summed E-state index contributed by atoms with van der Waals surface area (Å²) < 4.78 is 13.3. The number of unbranched alkanes of at least 4 members (excludes halogenated alkanes) is 2. The largest absolute Gasteiger partial charge is 0.490 e. The van der Waals surface area contributed by atoms with Gasteiger partial charge >= 0.3 is 0 Å². The van der Waals surface area contributed by atoms with Crippen molar-refractivity contribution in [2.24, 2.45) is 12.2 Å². The van der Waals surface area contributed by atoms with Gasteiger partial charge in [0.15, 0.2) is 0 Å². The van der Waals surface area contributed by atoms with Crippen LogP contribution < -0.4 is 9.47 Å². The van der Waals surface area contributed by atoms with Crippen LogP contribution in [0.3, 0.4) is 0 Å². The Bertz CT molecular complexity index is 846. The molecule has 0 unspecified atom stereocenters. The molecule has 0 saturated heterocycles. The lowest BCUT2D eigenvalue weighted by Crippen LogP contribution is -2.04. The predicted octanol–water partition coefficient (Wildman–Crippen LogP) is 5.15. The summed E-state index contributed by atoms with van der Waals surface area (Å²) in [4.78, 5) is 4.83. The summed E-state index contributed by atoms with van der Waals surface area (Å²) in [5.74, 6) is 1.57. The van der Waals surface area contributed by atoms with Crippen molar-refractivity contribution in [3.8, 4) is 11.6 Å². The standard InChI is InChI=1S/C24H35N3O3/c1-7-8-13-29-21-15-18(2)22(19(3)16-21)12-10-9-11-14-30-24-17-23(27(5)25-24)20(4)26-28-6/h7-8,15-17H,9-14H2,1-6H3/b8-7+,26-20?. The highest BCUT2D eigenvalue weighted by molar-refractivity contribution is 5.97. The number of hydrogen-bond donors (Lipinski definition) is 0. The quantitative estimate of drug-likeness (QED) is 0.209. The zero-order valence-corrected chi connectivity index (χ0v) is 19.2. The van der Waals surface area contributed by atoms with Crippen molar-refractivity contribution in [3.63, 3.8) is 0 Å². The first-order valence-corrected chi connectivity index (χ1v) is 10.5. The monoisotopic (exact) mass is 413 g/mol. The van der Waals surface area contributed by atoms with Gasteiger partial charge in [-0.3, -0.25) is 4.68 Å². The van der Waals surface area contributed by atoms with Crippen molar-refractivity contribution < 1.29 is 14.3 Å². The lowest BCUT2D eigenvalue weighted by Gasteiger charge is -2.13. The predicted molar refractivity (Wildman–Crippen MR) is 122 cm³/mol. The lowest BCUT2D eigenvalue weighted by molar-refractivity contribution is 0.213. The van der Waals surface area contributed by atoms with E-state index in [1.165, 1.54) is 23.8 Å². The van der Waals surface area contributed by atoms with Crippen LogP contribution in [0.15, 0.2) is 35.5 Å². The number of hydrogen-bond acceptors (Lipinski definition) is 5. The molecule has 164 valence electrons. The van der Waals surface area contributed by atoms with Crippen molar-refractivity contribution >= 4 is 5.71 Å². The summed E-state index contributed by atoms with van der Waals surface area (Å²) in [6, 6.07) is 6.18. The van der Waals surface area contributed by atoms with E-state index in [2.05, 4.69) is 36.2 Å². The third-order valence-electron chi connectivity index (χ3n) is 5.03. The van der Waals surface area contributed by atoms with Gasteiger partial charge in [-0.15, -0.1) is 5.10 Å². The van der Waals surface area contributed by atoms with Gasteiger partial charge in [0.25, 0.3) is 0 Å². The van der Waals surface area contributed by atoms with Gasteiger partial charge in [0, 0.05) is 13.1 Å². The molecule has 0 N–H and O–H groups in total. The molecule has 0 radical (unpaired) electrons. The number of benzene rings is 1. The SMILES string of the molecule is C/C=C/COc1cc(C)c(CCCCCOc2cc(C(C)=NOC)n(C)n2)c(C)c1. The minimum atomic E-state index is 0.616. The molecule has 2 aromatic rings. The molecule has 0 atom stereocenters. The molecule has 6 nitrogen and oxygen atoms in total. The van der Waals surface area contributed by atoms with E-state index in [-0.39, 0.29) is 0 Å². The molecule has 0 spiro atoms. The second-order valence-electron chi connectivity index (χ2n) is 7.43. The number of aryl methyl sites for hydroxylation is 3. The van der Waals surface area contributed by atoms with Gasteiger partial charge in [0.2, 0.25) is 5.88 Å². The van der Waals surface area contributed by atoms with Crippen LogP contribution in [0.25, 0.3) is 0 Å². The second-order valence-corrected chi connectivity index (χ2v) is 7.43. The Morgan fingerprint density at radius 2 is 1.83 bits per heavy atom.